The first-order valence-electron chi connectivity index (χ1n) is 11.2. The highest BCUT2D eigenvalue weighted by Crippen LogP contribution is 2.43. The third-order valence-electron chi connectivity index (χ3n) is 6.58. The molecule has 1 saturated heterocycles. The van der Waals surface area contributed by atoms with Gasteiger partial charge in [0.2, 0.25) is 6.79 Å². The van der Waals surface area contributed by atoms with Gasteiger partial charge in [0.25, 0.3) is 0 Å². The van der Waals surface area contributed by atoms with E-state index in [9.17, 15) is 0 Å². The summed E-state index contributed by atoms with van der Waals surface area (Å²) in [6.07, 6.45) is 7.33. The van der Waals surface area contributed by atoms with Crippen molar-refractivity contribution in [2.45, 2.75) is 50.9 Å². The number of ether oxygens (including phenoxy) is 3. The van der Waals surface area contributed by atoms with E-state index in [1.54, 1.807) is 0 Å². The van der Waals surface area contributed by atoms with E-state index >= 15 is 0 Å². The molecule has 6 heteroatoms. The number of benzene rings is 1. The first kappa shape index (κ1) is 20.3. The lowest BCUT2D eigenvalue weighted by atomic mass is 9.69. The lowest BCUT2D eigenvalue weighted by Gasteiger charge is -2.37. The van der Waals surface area contributed by atoms with Crippen molar-refractivity contribution in [3.05, 3.63) is 23.8 Å². The molecule has 160 valence electrons. The van der Waals surface area contributed by atoms with Crippen molar-refractivity contribution in [3.63, 3.8) is 0 Å². The molecule has 1 aromatic rings. The van der Waals surface area contributed by atoms with E-state index in [0.717, 1.165) is 56.7 Å². The predicted octanol–water partition coefficient (Wildman–Crippen LogP) is 3.55. The molecule has 0 bridgehead atoms. The standard InChI is InChI=1S/C23H35N3O3/c1-3-24-22(26(2)14-18-9-12-27-15-18)25-16-23(10-5-4-6-11-23)19-7-8-20-21(13-19)29-17-28-20/h7-8,13,18H,3-6,9-12,14-17H2,1-2H3,(H,24,25). The Hall–Kier alpha value is -1.95. The van der Waals surface area contributed by atoms with E-state index in [2.05, 4.69) is 42.4 Å². The van der Waals surface area contributed by atoms with Gasteiger partial charge in [0.15, 0.2) is 17.5 Å². The molecule has 4 rings (SSSR count). The highest BCUT2D eigenvalue weighted by atomic mass is 16.7. The second kappa shape index (κ2) is 9.24. The van der Waals surface area contributed by atoms with Crippen LogP contribution in [-0.2, 0) is 10.2 Å². The maximum absolute atomic E-state index is 5.66. The van der Waals surface area contributed by atoms with Gasteiger partial charge in [0, 0.05) is 38.1 Å². The maximum Gasteiger partial charge on any atom is 0.231 e. The molecule has 1 atom stereocenters. The lowest BCUT2D eigenvalue weighted by molar-refractivity contribution is 0.174. The Morgan fingerprint density at radius 1 is 1.21 bits per heavy atom. The fraction of sp³-hybridized carbons (Fsp3) is 0.696. The van der Waals surface area contributed by atoms with Crippen LogP contribution in [-0.4, -0.2) is 57.5 Å². The summed E-state index contributed by atoms with van der Waals surface area (Å²) >= 11 is 0. The van der Waals surface area contributed by atoms with Gasteiger partial charge in [-0.05, 0) is 43.9 Å². The van der Waals surface area contributed by atoms with Gasteiger partial charge in [-0.15, -0.1) is 0 Å². The molecule has 3 aliphatic rings. The number of hydrogen-bond donors (Lipinski definition) is 1. The Bertz CT molecular complexity index is 709. The zero-order chi connectivity index (χ0) is 20.1. The Morgan fingerprint density at radius 3 is 2.79 bits per heavy atom. The van der Waals surface area contributed by atoms with E-state index in [4.69, 9.17) is 19.2 Å². The average molecular weight is 402 g/mol. The molecule has 0 aromatic heterocycles. The van der Waals surface area contributed by atoms with Crippen LogP contribution >= 0.6 is 0 Å². The summed E-state index contributed by atoms with van der Waals surface area (Å²) in [6, 6.07) is 6.48. The molecule has 0 radical (unpaired) electrons. The normalized spacial score (nSPS) is 23.2. The molecule has 2 heterocycles. The zero-order valence-corrected chi connectivity index (χ0v) is 17.9. The Kier molecular flexibility index (Phi) is 6.48. The van der Waals surface area contributed by atoms with Crippen molar-refractivity contribution >= 4 is 5.96 Å². The minimum Gasteiger partial charge on any atom is -0.454 e. The summed E-state index contributed by atoms with van der Waals surface area (Å²) in [6.45, 7) is 6.88. The smallest absolute Gasteiger partial charge is 0.231 e. The van der Waals surface area contributed by atoms with Crippen LogP contribution in [0.5, 0.6) is 11.5 Å². The predicted molar refractivity (Wildman–Crippen MR) is 115 cm³/mol. The average Bonchev–Trinajstić information content (AvgIpc) is 3.43. The van der Waals surface area contributed by atoms with Gasteiger partial charge in [-0.2, -0.15) is 0 Å². The summed E-state index contributed by atoms with van der Waals surface area (Å²) in [5, 5.41) is 3.50. The largest absolute Gasteiger partial charge is 0.454 e. The lowest BCUT2D eigenvalue weighted by Crippen LogP contribution is -2.43. The van der Waals surface area contributed by atoms with Gasteiger partial charge in [-0.25, -0.2) is 0 Å². The van der Waals surface area contributed by atoms with Crippen LogP contribution in [0.3, 0.4) is 0 Å². The van der Waals surface area contributed by atoms with E-state index in [1.165, 1.54) is 37.7 Å². The van der Waals surface area contributed by atoms with Crippen molar-refractivity contribution in [1.29, 1.82) is 0 Å². The summed E-state index contributed by atoms with van der Waals surface area (Å²) < 4.78 is 16.7. The molecule has 1 N–H and O–H groups in total. The molecule has 0 spiro atoms. The van der Waals surface area contributed by atoms with Crippen LogP contribution in [0.25, 0.3) is 0 Å². The number of guanidine groups is 1. The first-order valence-corrected chi connectivity index (χ1v) is 11.2. The molecule has 1 aliphatic carbocycles. The third-order valence-corrected chi connectivity index (χ3v) is 6.58. The number of rotatable bonds is 6. The van der Waals surface area contributed by atoms with Crippen LogP contribution in [0.1, 0.15) is 51.0 Å². The molecule has 1 unspecified atom stereocenters. The maximum atomic E-state index is 5.66. The highest BCUT2D eigenvalue weighted by Gasteiger charge is 2.35. The van der Waals surface area contributed by atoms with Gasteiger partial charge in [-0.3, -0.25) is 4.99 Å². The van der Waals surface area contributed by atoms with Gasteiger partial charge >= 0.3 is 0 Å². The number of nitrogens with one attached hydrogen (secondary N) is 1. The third kappa shape index (κ3) is 4.63. The molecular formula is C23H35N3O3. The van der Waals surface area contributed by atoms with Crippen molar-refractivity contribution in [2.24, 2.45) is 10.9 Å². The van der Waals surface area contributed by atoms with E-state index in [1.807, 2.05) is 0 Å². The molecule has 2 aliphatic heterocycles. The number of hydrogen-bond acceptors (Lipinski definition) is 4. The van der Waals surface area contributed by atoms with Crippen molar-refractivity contribution in [2.75, 3.05) is 46.7 Å². The summed E-state index contributed by atoms with van der Waals surface area (Å²) in [5.74, 6) is 3.34. The van der Waals surface area contributed by atoms with Gasteiger partial charge in [0.1, 0.15) is 0 Å². The van der Waals surface area contributed by atoms with Gasteiger partial charge < -0.3 is 24.4 Å². The highest BCUT2D eigenvalue weighted by molar-refractivity contribution is 5.79. The van der Waals surface area contributed by atoms with Crippen molar-refractivity contribution < 1.29 is 14.2 Å². The summed E-state index contributed by atoms with van der Waals surface area (Å²) in [4.78, 5) is 7.42. The molecule has 6 nitrogen and oxygen atoms in total. The van der Waals surface area contributed by atoms with Crippen LogP contribution in [0.15, 0.2) is 23.2 Å². The van der Waals surface area contributed by atoms with Crippen molar-refractivity contribution in [1.82, 2.24) is 10.2 Å². The Labute approximate surface area is 174 Å². The molecule has 1 saturated carbocycles. The molecular weight excluding hydrogens is 366 g/mol. The minimum atomic E-state index is 0.0806. The molecule has 29 heavy (non-hydrogen) atoms. The minimum absolute atomic E-state index is 0.0806. The number of nitrogens with zero attached hydrogens (tertiary/aromatic N) is 2. The Morgan fingerprint density at radius 2 is 2.03 bits per heavy atom. The second-order valence-electron chi connectivity index (χ2n) is 8.69. The topological polar surface area (TPSA) is 55.3 Å². The Balaban J connectivity index is 1.54. The van der Waals surface area contributed by atoms with Crippen LogP contribution < -0.4 is 14.8 Å². The SMILES string of the molecule is CCNC(=NCC1(c2ccc3c(c2)OCO3)CCCCC1)N(C)CC1CCOC1. The summed E-state index contributed by atoms with van der Waals surface area (Å²) in [5.41, 5.74) is 1.42. The molecule has 2 fully saturated rings. The first-order chi connectivity index (χ1) is 14.2. The summed E-state index contributed by atoms with van der Waals surface area (Å²) in [7, 11) is 2.15. The van der Waals surface area contributed by atoms with Crippen molar-refractivity contribution in [3.8, 4) is 11.5 Å². The van der Waals surface area contributed by atoms with Gasteiger partial charge in [-0.1, -0.05) is 25.3 Å². The van der Waals surface area contributed by atoms with E-state index < -0.39 is 0 Å². The number of aliphatic imine (C=N–C) groups is 1. The second-order valence-corrected chi connectivity index (χ2v) is 8.69. The monoisotopic (exact) mass is 401 g/mol. The fourth-order valence-corrected chi connectivity index (χ4v) is 4.89. The fourth-order valence-electron chi connectivity index (χ4n) is 4.89. The quantitative estimate of drug-likeness (QED) is 0.584. The molecule has 0 amide bonds. The number of fused-ring (bicyclic) bond motifs is 1. The van der Waals surface area contributed by atoms with Crippen LogP contribution in [0.4, 0.5) is 0 Å². The van der Waals surface area contributed by atoms with E-state index in [0.29, 0.717) is 12.7 Å². The van der Waals surface area contributed by atoms with Crippen LogP contribution in [0, 0.1) is 5.92 Å². The molecule has 1 aromatic carbocycles. The van der Waals surface area contributed by atoms with E-state index in [-0.39, 0.29) is 5.41 Å². The zero-order valence-electron chi connectivity index (χ0n) is 17.9. The van der Waals surface area contributed by atoms with Gasteiger partial charge in [0.05, 0.1) is 13.2 Å². The van der Waals surface area contributed by atoms with Crippen LogP contribution in [0.2, 0.25) is 0 Å².